The van der Waals surface area contributed by atoms with Gasteiger partial charge in [-0.05, 0) is 25.0 Å². The van der Waals surface area contributed by atoms with Gasteiger partial charge < -0.3 is 14.7 Å². The fourth-order valence-corrected chi connectivity index (χ4v) is 3.69. The number of aliphatic imine (C=N–C) groups is 1. The smallest absolute Gasteiger partial charge is 0.194 e. The molecule has 2 aliphatic rings. The topological polar surface area (TPSA) is 56.9 Å². The zero-order valence-electron chi connectivity index (χ0n) is 15.6. The lowest BCUT2D eigenvalue weighted by atomic mass is 10.1. The molecule has 7 heteroatoms. The first-order chi connectivity index (χ1) is 13.2. The molecular formula is C20H26FN5O. The lowest BCUT2D eigenvalue weighted by molar-refractivity contribution is 0.169. The molecule has 2 aromatic rings. The van der Waals surface area contributed by atoms with Crippen LogP contribution >= 0.6 is 0 Å². The van der Waals surface area contributed by atoms with Crippen LogP contribution in [0.5, 0.6) is 0 Å². The van der Waals surface area contributed by atoms with Crippen LogP contribution in [0.3, 0.4) is 0 Å². The molecule has 1 N–H and O–H groups in total. The first-order valence-corrected chi connectivity index (χ1v) is 9.66. The van der Waals surface area contributed by atoms with Crippen molar-refractivity contribution in [2.75, 3.05) is 32.7 Å². The van der Waals surface area contributed by atoms with Gasteiger partial charge in [0.25, 0.3) is 0 Å². The van der Waals surface area contributed by atoms with Crippen LogP contribution in [0.2, 0.25) is 0 Å². The van der Waals surface area contributed by atoms with E-state index in [0.29, 0.717) is 0 Å². The van der Waals surface area contributed by atoms with Gasteiger partial charge >= 0.3 is 0 Å². The Balaban J connectivity index is 1.32. The van der Waals surface area contributed by atoms with Crippen molar-refractivity contribution in [3.63, 3.8) is 0 Å². The Morgan fingerprint density at radius 3 is 2.78 bits per heavy atom. The van der Waals surface area contributed by atoms with Crippen molar-refractivity contribution < 1.29 is 8.91 Å². The molecular weight excluding hydrogens is 345 g/mol. The third-order valence-electron chi connectivity index (χ3n) is 5.27. The van der Waals surface area contributed by atoms with Crippen LogP contribution in [-0.4, -0.2) is 59.7 Å². The lowest BCUT2D eigenvalue weighted by Crippen LogP contribution is -2.52. The van der Waals surface area contributed by atoms with Crippen LogP contribution in [0, 0.1) is 5.82 Å². The van der Waals surface area contributed by atoms with Gasteiger partial charge in [0.1, 0.15) is 12.1 Å². The van der Waals surface area contributed by atoms with Crippen LogP contribution in [0.25, 0.3) is 0 Å². The van der Waals surface area contributed by atoms with E-state index < -0.39 is 0 Å². The Hall–Kier alpha value is -2.41. The maximum Gasteiger partial charge on any atom is 0.194 e. The van der Waals surface area contributed by atoms with Crippen molar-refractivity contribution >= 4 is 5.96 Å². The summed E-state index contributed by atoms with van der Waals surface area (Å²) in [4.78, 5) is 9.35. The standard InChI is InChI=1S/C20H26FN5O/c1-2-22-20(23-19-13-17(19)16-5-3-4-6-18(16)21)26-10-8-25(9-11-26)14-15-7-12-27-24-15/h3-7,12,17,19H,2,8-11,13-14H2,1H3,(H,22,23). The molecule has 0 radical (unpaired) electrons. The summed E-state index contributed by atoms with van der Waals surface area (Å²) < 4.78 is 18.9. The molecule has 0 bridgehead atoms. The van der Waals surface area contributed by atoms with E-state index in [4.69, 9.17) is 4.52 Å². The van der Waals surface area contributed by atoms with E-state index in [0.717, 1.165) is 62.9 Å². The molecule has 0 amide bonds. The fraction of sp³-hybridized carbons (Fsp3) is 0.500. The number of nitrogens with zero attached hydrogens (tertiary/aromatic N) is 4. The van der Waals surface area contributed by atoms with E-state index in [1.165, 1.54) is 0 Å². The molecule has 1 saturated carbocycles. The summed E-state index contributed by atoms with van der Waals surface area (Å²) in [6.07, 6.45) is 2.57. The summed E-state index contributed by atoms with van der Waals surface area (Å²) in [5.41, 5.74) is 1.78. The highest BCUT2D eigenvalue weighted by Gasteiger charge is 2.41. The van der Waals surface area contributed by atoms with Gasteiger partial charge in [-0.25, -0.2) is 4.39 Å². The number of nitrogens with one attached hydrogen (secondary N) is 1. The Labute approximate surface area is 159 Å². The van der Waals surface area contributed by atoms with E-state index in [9.17, 15) is 4.39 Å². The van der Waals surface area contributed by atoms with Crippen LogP contribution < -0.4 is 5.32 Å². The summed E-state index contributed by atoms with van der Waals surface area (Å²) in [6.45, 7) is 7.34. The number of hydrogen-bond acceptors (Lipinski definition) is 4. The minimum atomic E-state index is -0.109. The zero-order chi connectivity index (χ0) is 18.6. The van der Waals surface area contributed by atoms with Gasteiger partial charge in [-0.3, -0.25) is 9.89 Å². The van der Waals surface area contributed by atoms with Crippen LogP contribution in [0.4, 0.5) is 4.39 Å². The highest BCUT2D eigenvalue weighted by atomic mass is 19.1. The van der Waals surface area contributed by atoms with Gasteiger partial charge in [-0.15, -0.1) is 0 Å². The van der Waals surface area contributed by atoms with Gasteiger partial charge in [0.15, 0.2) is 5.96 Å². The third-order valence-corrected chi connectivity index (χ3v) is 5.27. The Morgan fingerprint density at radius 1 is 1.26 bits per heavy atom. The second-order valence-electron chi connectivity index (χ2n) is 7.17. The molecule has 1 saturated heterocycles. The number of hydrogen-bond donors (Lipinski definition) is 1. The number of benzene rings is 1. The molecule has 1 aliphatic heterocycles. The molecule has 6 nitrogen and oxygen atoms in total. The number of rotatable bonds is 5. The first kappa shape index (κ1) is 18.0. The van der Waals surface area contributed by atoms with Crippen molar-refractivity contribution in [2.24, 2.45) is 4.99 Å². The van der Waals surface area contributed by atoms with Gasteiger partial charge in [-0.2, -0.15) is 0 Å². The average molecular weight is 371 g/mol. The second kappa shape index (κ2) is 8.08. The van der Waals surface area contributed by atoms with Crippen molar-refractivity contribution in [1.29, 1.82) is 0 Å². The normalized spacial score (nSPS) is 23.5. The van der Waals surface area contributed by atoms with Crippen molar-refractivity contribution in [3.8, 4) is 0 Å². The van der Waals surface area contributed by atoms with E-state index in [2.05, 4.69) is 25.3 Å². The van der Waals surface area contributed by atoms with Crippen LogP contribution in [-0.2, 0) is 6.54 Å². The average Bonchev–Trinajstić information content (AvgIpc) is 3.24. The minimum absolute atomic E-state index is 0.109. The molecule has 2 heterocycles. The molecule has 1 aliphatic carbocycles. The molecule has 144 valence electrons. The first-order valence-electron chi connectivity index (χ1n) is 9.66. The Bertz CT molecular complexity index is 770. The second-order valence-corrected chi connectivity index (χ2v) is 7.17. The van der Waals surface area contributed by atoms with Crippen molar-refractivity contribution in [1.82, 2.24) is 20.3 Å². The number of aromatic nitrogens is 1. The van der Waals surface area contributed by atoms with Crippen molar-refractivity contribution in [3.05, 3.63) is 53.7 Å². The third kappa shape index (κ3) is 4.30. The predicted molar refractivity (Wildman–Crippen MR) is 102 cm³/mol. The Morgan fingerprint density at radius 2 is 2.07 bits per heavy atom. The molecule has 0 spiro atoms. The fourth-order valence-electron chi connectivity index (χ4n) is 3.69. The molecule has 2 atom stereocenters. The molecule has 2 fully saturated rings. The SMILES string of the molecule is CCN=C(NC1CC1c1ccccc1F)N1CCN(Cc2ccon2)CC1. The number of piperazine rings is 1. The zero-order valence-corrected chi connectivity index (χ0v) is 15.6. The summed E-state index contributed by atoms with van der Waals surface area (Å²) >= 11 is 0. The summed E-state index contributed by atoms with van der Waals surface area (Å²) in [5, 5.41) is 7.55. The van der Waals surface area contributed by atoms with Gasteiger partial charge in [0.2, 0.25) is 0 Å². The highest BCUT2D eigenvalue weighted by Crippen LogP contribution is 2.41. The number of halogens is 1. The number of guanidine groups is 1. The van der Waals surface area contributed by atoms with E-state index >= 15 is 0 Å². The maximum absolute atomic E-state index is 14.0. The Kier molecular flexibility index (Phi) is 5.38. The van der Waals surface area contributed by atoms with Crippen LogP contribution in [0.15, 0.2) is 46.1 Å². The largest absolute Gasteiger partial charge is 0.364 e. The summed E-state index contributed by atoms with van der Waals surface area (Å²) in [5.74, 6) is 1.08. The van der Waals surface area contributed by atoms with Gasteiger partial charge in [-0.1, -0.05) is 23.4 Å². The quantitative estimate of drug-likeness (QED) is 0.646. The highest BCUT2D eigenvalue weighted by molar-refractivity contribution is 5.81. The molecule has 27 heavy (non-hydrogen) atoms. The van der Waals surface area contributed by atoms with E-state index in [1.807, 2.05) is 25.1 Å². The minimum Gasteiger partial charge on any atom is -0.364 e. The molecule has 2 unspecified atom stereocenters. The van der Waals surface area contributed by atoms with E-state index in [-0.39, 0.29) is 17.8 Å². The molecule has 1 aromatic carbocycles. The van der Waals surface area contributed by atoms with Gasteiger partial charge in [0, 0.05) is 57.3 Å². The van der Waals surface area contributed by atoms with Gasteiger partial charge in [0.05, 0.1) is 5.69 Å². The predicted octanol–water partition coefficient (Wildman–Crippen LogP) is 2.45. The van der Waals surface area contributed by atoms with E-state index in [1.54, 1.807) is 18.4 Å². The lowest BCUT2D eigenvalue weighted by Gasteiger charge is -2.36. The molecule has 4 rings (SSSR count). The van der Waals surface area contributed by atoms with Crippen molar-refractivity contribution in [2.45, 2.75) is 31.8 Å². The maximum atomic E-state index is 14.0. The molecule has 1 aromatic heterocycles. The van der Waals surface area contributed by atoms with Crippen LogP contribution in [0.1, 0.15) is 30.5 Å². The summed E-state index contributed by atoms with van der Waals surface area (Å²) in [7, 11) is 0. The summed E-state index contributed by atoms with van der Waals surface area (Å²) in [6, 6.07) is 9.25. The monoisotopic (exact) mass is 371 g/mol.